The number of rotatable bonds is 4. The number of nitrogens with one attached hydrogen (secondary N) is 1. The van der Waals surface area contributed by atoms with Gasteiger partial charge in [0.1, 0.15) is 0 Å². The second-order valence-corrected chi connectivity index (χ2v) is 6.45. The first-order valence-corrected chi connectivity index (χ1v) is 6.49. The zero-order valence-corrected chi connectivity index (χ0v) is 10.8. The van der Waals surface area contributed by atoms with Crippen LogP contribution in [0.2, 0.25) is 0 Å². The summed E-state index contributed by atoms with van der Waals surface area (Å²) in [5, 5.41) is 13.2. The largest absolute Gasteiger partial charge is 0.394 e. The monoisotopic (exact) mass is 227 g/mol. The molecule has 2 aliphatic carbocycles. The molecule has 2 aliphatic rings. The van der Waals surface area contributed by atoms with Gasteiger partial charge < -0.3 is 15.2 Å². The molecule has 0 aromatic rings. The fraction of sp³-hybridized carbons (Fsp3) is 1.00. The number of hydrogen-bond donors (Lipinski definition) is 2. The summed E-state index contributed by atoms with van der Waals surface area (Å²) in [5.41, 5.74) is -0.132. The third kappa shape index (κ3) is 3.19. The van der Waals surface area contributed by atoms with E-state index in [4.69, 9.17) is 4.74 Å². The minimum atomic E-state index is -0.0736. The van der Waals surface area contributed by atoms with E-state index in [-0.39, 0.29) is 17.7 Å². The van der Waals surface area contributed by atoms with E-state index >= 15 is 0 Å². The van der Waals surface area contributed by atoms with Crippen molar-refractivity contribution in [3.05, 3.63) is 0 Å². The van der Waals surface area contributed by atoms with Crippen LogP contribution < -0.4 is 5.32 Å². The lowest BCUT2D eigenvalue weighted by molar-refractivity contribution is -0.0601. The van der Waals surface area contributed by atoms with Crippen LogP contribution in [0, 0.1) is 0 Å². The van der Waals surface area contributed by atoms with E-state index in [1.807, 2.05) is 0 Å². The van der Waals surface area contributed by atoms with E-state index in [0.717, 1.165) is 19.3 Å². The molecule has 0 saturated heterocycles. The van der Waals surface area contributed by atoms with Gasteiger partial charge in [-0.25, -0.2) is 0 Å². The van der Waals surface area contributed by atoms with Crippen molar-refractivity contribution in [2.75, 3.05) is 6.61 Å². The number of hydrogen-bond acceptors (Lipinski definition) is 3. The van der Waals surface area contributed by atoms with E-state index in [9.17, 15) is 5.11 Å². The van der Waals surface area contributed by atoms with Gasteiger partial charge in [-0.2, -0.15) is 0 Å². The first-order chi connectivity index (χ1) is 7.42. The Labute approximate surface area is 98.6 Å². The highest BCUT2D eigenvalue weighted by Crippen LogP contribution is 2.36. The lowest BCUT2D eigenvalue weighted by atomic mass is 9.98. The minimum absolute atomic E-state index is 0.0584. The van der Waals surface area contributed by atoms with E-state index in [0.29, 0.717) is 12.1 Å². The van der Waals surface area contributed by atoms with Crippen LogP contribution in [-0.4, -0.2) is 35.0 Å². The van der Waals surface area contributed by atoms with Crippen LogP contribution in [0.1, 0.15) is 52.9 Å². The van der Waals surface area contributed by atoms with Crippen LogP contribution in [-0.2, 0) is 4.74 Å². The average Bonchev–Trinajstić information content (AvgIpc) is 2.87. The van der Waals surface area contributed by atoms with Crippen molar-refractivity contribution in [2.45, 2.75) is 76.2 Å². The van der Waals surface area contributed by atoms with Crippen molar-refractivity contribution in [3.63, 3.8) is 0 Å². The average molecular weight is 227 g/mol. The van der Waals surface area contributed by atoms with Crippen molar-refractivity contribution >= 4 is 0 Å². The van der Waals surface area contributed by atoms with E-state index in [2.05, 4.69) is 26.1 Å². The molecule has 2 rings (SSSR count). The van der Waals surface area contributed by atoms with Crippen molar-refractivity contribution in [1.82, 2.24) is 5.32 Å². The summed E-state index contributed by atoms with van der Waals surface area (Å²) in [4.78, 5) is 0. The molecule has 2 atom stereocenters. The molecular formula is C13H25NO2. The minimum Gasteiger partial charge on any atom is -0.394 e. The predicted octanol–water partition coefficient (Wildman–Crippen LogP) is 1.84. The lowest BCUT2D eigenvalue weighted by Gasteiger charge is -2.30. The number of aliphatic hydroxyl groups is 1. The van der Waals surface area contributed by atoms with Gasteiger partial charge in [-0.15, -0.1) is 0 Å². The third-order valence-corrected chi connectivity index (χ3v) is 3.47. The fourth-order valence-corrected chi connectivity index (χ4v) is 2.66. The zero-order valence-electron chi connectivity index (χ0n) is 10.8. The second kappa shape index (κ2) is 4.28. The van der Waals surface area contributed by atoms with Crippen LogP contribution in [0.4, 0.5) is 0 Å². The van der Waals surface area contributed by atoms with Crippen molar-refractivity contribution in [2.24, 2.45) is 0 Å². The molecule has 0 spiro atoms. The third-order valence-electron chi connectivity index (χ3n) is 3.47. The molecule has 94 valence electrons. The van der Waals surface area contributed by atoms with Gasteiger partial charge >= 0.3 is 0 Å². The summed E-state index contributed by atoms with van der Waals surface area (Å²) >= 11 is 0. The van der Waals surface area contributed by atoms with Gasteiger partial charge in [0.05, 0.1) is 18.3 Å². The highest BCUT2D eigenvalue weighted by atomic mass is 16.5. The molecule has 3 heteroatoms. The van der Waals surface area contributed by atoms with Crippen LogP contribution in [0.25, 0.3) is 0 Å². The SMILES string of the molecule is CC(C)(C)OC1CCC(CO)(NC2CC2)C1. The van der Waals surface area contributed by atoms with Crippen LogP contribution in [0.5, 0.6) is 0 Å². The Kier molecular flexibility index (Phi) is 3.30. The van der Waals surface area contributed by atoms with Gasteiger partial charge in [0.2, 0.25) is 0 Å². The van der Waals surface area contributed by atoms with Crippen molar-refractivity contribution in [1.29, 1.82) is 0 Å². The Morgan fingerprint density at radius 1 is 1.31 bits per heavy atom. The van der Waals surface area contributed by atoms with Crippen molar-refractivity contribution in [3.8, 4) is 0 Å². The van der Waals surface area contributed by atoms with Crippen LogP contribution in [0.15, 0.2) is 0 Å². The fourth-order valence-electron chi connectivity index (χ4n) is 2.66. The highest BCUT2D eigenvalue weighted by Gasteiger charge is 2.43. The number of aliphatic hydroxyl groups excluding tert-OH is 1. The van der Waals surface area contributed by atoms with Gasteiger partial charge in [0.15, 0.2) is 0 Å². The molecule has 0 aromatic heterocycles. The topological polar surface area (TPSA) is 41.5 Å². The van der Waals surface area contributed by atoms with Crippen LogP contribution in [0.3, 0.4) is 0 Å². The summed E-state index contributed by atoms with van der Waals surface area (Å²) in [6.45, 7) is 6.54. The van der Waals surface area contributed by atoms with E-state index in [1.165, 1.54) is 12.8 Å². The molecule has 0 heterocycles. The summed E-state index contributed by atoms with van der Waals surface area (Å²) in [6.07, 6.45) is 5.91. The van der Waals surface area contributed by atoms with Crippen LogP contribution >= 0.6 is 0 Å². The van der Waals surface area contributed by atoms with Crippen molar-refractivity contribution < 1.29 is 9.84 Å². The summed E-state index contributed by atoms with van der Waals surface area (Å²) in [6, 6.07) is 0.653. The molecule has 2 saturated carbocycles. The standard InChI is InChI=1S/C13H25NO2/c1-12(2,3)16-11-6-7-13(8-11,9-15)14-10-4-5-10/h10-11,14-15H,4-9H2,1-3H3. The van der Waals surface area contributed by atoms with Gasteiger partial charge in [-0.3, -0.25) is 0 Å². The molecule has 2 unspecified atom stereocenters. The zero-order chi connectivity index (χ0) is 11.8. The Hall–Kier alpha value is -0.120. The first-order valence-electron chi connectivity index (χ1n) is 6.49. The predicted molar refractivity (Wildman–Crippen MR) is 64.5 cm³/mol. The molecule has 0 amide bonds. The molecule has 0 aliphatic heterocycles. The summed E-state index contributed by atoms with van der Waals surface area (Å²) in [7, 11) is 0. The maximum absolute atomic E-state index is 9.59. The highest BCUT2D eigenvalue weighted by molar-refractivity contribution is 5.01. The molecule has 3 nitrogen and oxygen atoms in total. The summed E-state index contributed by atoms with van der Waals surface area (Å²) in [5.74, 6) is 0. The summed E-state index contributed by atoms with van der Waals surface area (Å²) < 4.78 is 6.01. The van der Waals surface area contributed by atoms with Gasteiger partial charge in [0, 0.05) is 11.6 Å². The Morgan fingerprint density at radius 3 is 2.50 bits per heavy atom. The van der Waals surface area contributed by atoms with Gasteiger partial charge in [-0.1, -0.05) is 0 Å². The molecule has 0 bridgehead atoms. The van der Waals surface area contributed by atoms with E-state index < -0.39 is 0 Å². The normalized spacial score (nSPS) is 35.6. The molecular weight excluding hydrogens is 202 g/mol. The molecule has 2 N–H and O–H groups in total. The van der Waals surface area contributed by atoms with Gasteiger partial charge in [-0.05, 0) is 52.9 Å². The molecule has 16 heavy (non-hydrogen) atoms. The molecule has 0 radical (unpaired) electrons. The maximum Gasteiger partial charge on any atom is 0.0614 e. The first kappa shape index (κ1) is 12.3. The quantitative estimate of drug-likeness (QED) is 0.770. The second-order valence-electron chi connectivity index (χ2n) is 6.45. The Morgan fingerprint density at radius 2 is 2.00 bits per heavy atom. The Balaban J connectivity index is 1.88. The van der Waals surface area contributed by atoms with E-state index in [1.54, 1.807) is 0 Å². The lowest BCUT2D eigenvalue weighted by Crippen LogP contribution is -2.48. The number of ether oxygens (including phenoxy) is 1. The molecule has 0 aromatic carbocycles. The molecule has 2 fully saturated rings. The smallest absolute Gasteiger partial charge is 0.0614 e. The Bertz CT molecular complexity index is 245. The van der Waals surface area contributed by atoms with Gasteiger partial charge in [0.25, 0.3) is 0 Å². The maximum atomic E-state index is 9.59.